The molecule has 8 heteroatoms. The standard InChI is InChI=1S/C22H28ClN3O3S/c1-15-16(2)30-22(28)26(15)14-21(27)29-20-8-4-7-19(20)25-11-9-24(10-12-25)18-6-3-5-17(23)13-18/h3,5-6,13,19-20H,4,7-12,14H2,1-2H3/t19-,20+/m1/s1. The van der Waals surface area contributed by atoms with Gasteiger partial charge in [-0.25, -0.2) is 0 Å². The van der Waals surface area contributed by atoms with E-state index in [0.29, 0.717) is 0 Å². The van der Waals surface area contributed by atoms with Crippen LogP contribution in [-0.2, 0) is 16.1 Å². The summed E-state index contributed by atoms with van der Waals surface area (Å²) < 4.78 is 7.38. The number of rotatable bonds is 5. The van der Waals surface area contributed by atoms with Gasteiger partial charge in [0.15, 0.2) is 0 Å². The Morgan fingerprint density at radius 3 is 2.63 bits per heavy atom. The number of aromatic nitrogens is 1. The topological polar surface area (TPSA) is 54.8 Å². The summed E-state index contributed by atoms with van der Waals surface area (Å²) in [4.78, 5) is 30.3. The van der Waals surface area contributed by atoms with Crippen LogP contribution < -0.4 is 9.77 Å². The highest BCUT2D eigenvalue weighted by molar-refractivity contribution is 7.09. The Labute approximate surface area is 186 Å². The minimum absolute atomic E-state index is 0.000765. The van der Waals surface area contributed by atoms with Crippen LogP contribution in [0.4, 0.5) is 5.69 Å². The van der Waals surface area contributed by atoms with Crippen molar-refractivity contribution in [3.05, 3.63) is 49.5 Å². The van der Waals surface area contributed by atoms with E-state index in [0.717, 1.165) is 66.7 Å². The molecule has 1 aliphatic heterocycles. The first-order valence-corrected chi connectivity index (χ1v) is 11.7. The average molecular weight is 450 g/mol. The van der Waals surface area contributed by atoms with Crippen molar-refractivity contribution in [3.63, 3.8) is 0 Å². The van der Waals surface area contributed by atoms with Gasteiger partial charge in [0, 0.05) is 53.5 Å². The lowest BCUT2D eigenvalue weighted by atomic mass is 10.1. The van der Waals surface area contributed by atoms with Crippen LogP contribution in [0.1, 0.15) is 29.8 Å². The maximum atomic E-state index is 12.6. The summed E-state index contributed by atoms with van der Waals surface area (Å²) in [6.07, 6.45) is 2.91. The number of ether oxygens (including phenoxy) is 1. The summed E-state index contributed by atoms with van der Waals surface area (Å²) >= 11 is 7.32. The van der Waals surface area contributed by atoms with Crippen LogP contribution in [0.15, 0.2) is 29.1 Å². The number of piperazine rings is 1. The number of esters is 1. The zero-order valence-corrected chi connectivity index (χ0v) is 19.0. The first-order valence-electron chi connectivity index (χ1n) is 10.5. The summed E-state index contributed by atoms with van der Waals surface area (Å²) in [5.74, 6) is -0.313. The van der Waals surface area contributed by atoms with Crippen molar-refractivity contribution in [3.8, 4) is 0 Å². The van der Waals surface area contributed by atoms with E-state index in [2.05, 4.69) is 15.9 Å². The second-order valence-electron chi connectivity index (χ2n) is 8.13. The second kappa shape index (κ2) is 9.12. The van der Waals surface area contributed by atoms with Gasteiger partial charge < -0.3 is 9.64 Å². The quantitative estimate of drug-likeness (QED) is 0.654. The van der Waals surface area contributed by atoms with Crippen molar-refractivity contribution < 1.29 is 9.53 Å². The Balaban J connectivity index is 1.34. The molecule has 1 saturated carbocycles. The fourth-order valence-corrected chi connectivity index (χ4v) is 5.57. The van der Waals surface area contributed by atoms with Gasteiger partial charge in [-0.2, -0.15) is 0 Å². The third kappa shape index (κ3) is 4.58. The van der Waals surface area contributed by atoms with E-state index < -0.39 is 0 Å². The molecular weight excluding hydrogens is 422 g/mol. The van der Waals surface area contributed by atoms with Gasteiger partial charge >= 0.3 is 10.8 Å². The number of anilines is 1. The minimum atomic E-state index is -0.313. The highest BCUT2D eigenvalue weighted by atomic mass is 35.5. The first kappa shape index (κ1) is 21.4. The highest BCUT2D eigenvalue weighted by Crippen LogP contribution is 2.29. The summed E-state index contributed by atoms with van der Waals surface area (Å²) in [6.45, 7) is 7.51. The molecule has 2 atom stereocenters. The molecule has 2 aromatic rings. The Bertz CT molecular complexity index is 965. The van der Waals surface area contributed by atoms with E-state index in [1.54, 1.807) is 0 Å². The van der Waals surface area contributed by atoms with Crippen LogP contribution in [0.5, 0.6) is 0 Å². The number of benzene rings is 1. The van der Waals surface area contributed by atoms with Gasteiger partial charge in [0.1, 0.15) is 12.6 Å². The molecule has 4 rings (SSSR count). The third-order valence-corrected chi connectivity index (χ3v) is 7.55. The molecular formula is C22H28ClN3O3S. The van der Waals surface area contributed by atoms with Crippen molar-refractivity contribution in [2.75, 3.05) is 31.1 Å². The number of carbonyl (C=O) groups is 1. The monoisotopic (exact) mass is 449 g/mol. The van der Waals surface area contributed by atoms with Crippen molar-refractivity contribution in [1.82, 2.24) is 9.47 Å². The number of aryl methyl sites for hydroxylation is 1. The molecule has 2 aliphatic rings. The molecule has 30 heavy (non-hydrogen) atoms. The van der Waals surface area contributed by atoms with E-state index >= 15 is 0 Å². The molecule has 2 fully saturated rings. The molecule has 0 bridgehead atoms. The number of carbonyl (C=O) groups excluding carboxylic acids is 1. The molecule has 0 radical (unpaired) electrons. The van der Waals surface area contributed by atoms with Gasteiger partial charge in [-0.05, 0) is 51.3 Å². The van der Waals surface area contributed by atoms with E-state index in [-0.39, 0.29) is 29.5 Å². The molecule has 6 nitrogen and oxygen atoms in total. The fraction of sp³-hybridized carbons (Fsp3) is 0.545. The van der Waals surface area contributed by atoms with Crippen molar-refractivity contribution in [2.45, 2.75) is 51.8 Å². The number of thiazole rings is 1. The molecule has 1 aromatic heterocycles. The Morgan fingerprint density at radius 2 is 1.97 bits per heavy atom. The SMILES string of the molecule is Cc1sc(=O)n(CC(=O)O[C@H]2CCC[C@H]2N2CCN(c3cccc(Cl)c3)CC2)c1C. The predicted molar refractivity (Wildman–Crippen MR) is 121 cm³/mol. The summed E-state index contributed by atoms with van der Waals surface area (Å²) in [5.41, 5.74) is 2.01. The van der Waals surface area contributed by atoms with E-state index in [4.69, 9.17) is 16.3 Å². The molecule has 0 spiro atoms. The maximum Gasteiger partial charge on any atom is 0.326 e. The smallest absolute Gasteiger partial charge is 0.326 e. The Kier molecular flexibility index (Phi) is 6.51. The van der Waals surface area contributed by atoms with Gasteiger partial charge in [-0.1, -0.05) is 29.0 Å². The van der Waals surface area contributed by atoms with E-state index in [1.165, 1.54) is 15.9 Å². The van der Waals surface area contributed by atoms with Crippen LogP contribution in [0.25, 0.3) is 0 Å². The minimum Gasteiger partial charge on any atom is -0.459 e. The normalized spacial score (nSPS) is 22.4. The summed E-state index contributed by atoms with van der Waals surface area (Å²) in [6, 6.07) is 8.24. The first-order chi connectivity index (χ1) is 14.4. The molecule has 1 aromatic carbocycles. The zero-order valence-electron chi connectivity index (χ0n) is 17.5. The lowest BCUT2D eigenvalue weighted by molar-refractivity contribution is -0.152. The van der Waals surface area contributed by atoms with Gasteiger partial charge in [0.05, 0.1) is 0 Å². The van der Waals surface area contributed by atoms with Crippen LogP contribution in [0.3, 0.4) is 0 Å². The predicted octanol–water partition coefficient (Wildman–Crippen LogP) is 3.47. The molecule has 0 amide bonds. The van der Waals surface area contributed by atoms with Crippen molar-refractivity contribution in [1.29, 1.82) is 0 Å². The molecule has 1 aliphatic carbocycles. The number of halogens is 1. The molecule has 1 saturated heterocycles. The van der Waals surface area contributed by atoms with E-state index in [9.17, 15) is 9.59 Å². The van der Waals surface area contributed by atoms with E-state index in [1.807, 2.05) is 32.0 Å². The van der Waals surface area contributed by atoms with Crippen molar-refractivity contribution in [2.24, 2.45) is 0 Å². The Morgan fingerprint density at radius 1 is 1.20 bits per heavy atom. The Hall–Kier alpha value is -1.83. The fourth-order valence-electron chi connectivity index (χ4n) is 4.55. The van der Waals surface area contributed by atoms with Crippen LogP contribution in [0, 0.1) is 13.8 Å². The number of hydrogen-bond acceptors (Lipinski definition) is 6. The molecule has 0 unspecified atom stereocenters. The van der Waals surface area contributed by atoms with Crippen LogP contribution in [0.2, 0.25) is 5.02 Å². The lowest BCUT2D eigenvalue weighted by Crippen LogP contribution is -2.53. The van der Waals surface area contributed by atoms with Gasteiger partial charge in [0.25, 0.3) is 0 Å². The highest BCUT2D eigenvalue weighted by Gasteiger charge is 2.36. The average Bonchev–Trinajstić information content (AvgIpc) is 3.28. The lowest BCUT2D eigenvalue weighted by Gasteiger charge is -2.40. The van der Waals surface area contributed by atoms with Crippen LogP contribution in [-0.4, -0.2) is 53.8 Å². The zero-order chi connectivity index (χ0) is 21.3. The largest absolute Gasteiger partial charge is 0.459 e. The molecule has 162 valence electrons. The maximum absolute atomic E-state index is 12.6. The van der Waals surface area contributed by atoms with Gasteiger partial charge in [-0.15, -0.1) is 0 Å². The number of hydrogen-bond donors (Lipinski definition) is 0. The third-order valence-electron chi connectivity index (χ3n) is 6.32. The second-order valence-corrected chi connectivity index (χ2v) is 9.73. The van der Waals surface area contributed by atoms with Gasteiger partial charge in [-0.3, -0.25) is 19.1 Å². The molecule has 2 heterocycles. The van der Waals surface area contributed by atoms with Crippen molar-refractivity contribution >= 4 is 34.6 Å². The summed E-state index contributed by atoms with van der Waals surface area (Å²) in [7, 11) is 0. The number of nitrogens with zero attached hydrogens (tertiary/aromatic N) is 3. The van der Waals surface area contributed by atoms with Gasteiger partial charge in [0.2, 0.25) is 0 Å². The van der Waals surface area contributed by atoms with Crippen LogP contribution >= 0.6 is 22.9 Å². The molecule has 0 N–H and O–H groups in total. The summed E-state index contributed by atoms with van der Waals surface area (Å²) in [5, 5.41) is 0.757.